The molecule has 0 aliphatic carbocycles. The highest BCUT2D eigenvalue weighted by atomic mass is 35.5. The van der Waals surface area contributed by atoms with E-state index in [2.05, 4.69) is 4.90 Å². The predicted octanol–water partition coefficient (Wildman–Crippen LogP) is 1.81. The summed E-state index contributed by atoms with van der Waals surface area (Å²) in [7, 11) is 2.00. The molecule has 1 fully saturated rings. The molecule has 0 amide bonds. The van der Waals surface area contributed by atoms with Crippen molar-refractivity contribution in [1.29, 1.82) is 0 Å². The van der Waals surface area contributed by atoms with E-state index in [1.165, 1.54) is 6.07 Å². The molecule has 2 N–H and O–H groups in total. The average Bonchev–Trinajstić information content (AvgIpc) is 2.28. The van der Waals surface area contributed by atoms with Gasteiger partial charge in [0, 0.05) is 23.7 Å². The third-order valence-electron chi connectivity index (χ3n) is 3.02. The van der Waals surface area contributed by atoms with Crippen LogP contribution in [0, 0.1) is 5.82 Å². The molecule has 2 unspecified atom stereocenters. The lowest BCUT2D eigenvalue weighted by molar-refractivity contribution is -0.0331. The maximum Gasteiger partial charge on any atom is 0.129 e. The van der Waals surface area contributed by atoms with Crippen molar-refractivity contribution in [1.82, 2.24) is 4.90 Å². The van der Waals surface area contributed by atoms with E-state index in [-0.39, 0.29) is 11.9 Å². The highest BCUT2D eigenvalue weighted by Gasteiger charge is 2.26. The van der Waals surface area contributed by atoms with Crippen molar-refractivity contribution in [2.24, 2.45) is 5.73 Å². The molecule has 1 heterocycles. The Morgan fingerprint density at radius 3 is 3.00 bits per heavy atom. The van der Waals surface area contributed by atoms with Crippen LogP contribution < -0.4 is 5.73 Å². The first kappa shape index (κ1) is 12.8. The molecule has 0 saturated carbocycles. The molecule has 1 aliphatic rings. The summed E-state index contributed by atoms with van der Waals surface area (Å²) < 4.78 is 19.3. The molecule has 1 aromatic rings. The van der Waals surface area contributed by atoms with Crippen molar-refractivity contribution >= 4 is 11.6 Å². The van der Waals surface area contributed by atoms with Crippen LogP contribution in [0.25, 0.3) is 0 Å². The summed E-state index contributed by atoms with van der Waals surface area (Å²) >= 11 is 5.71. The topological polar surface area (TPSA) is 38.5 Å². The average molecular weight is 259 g/mol. The SMILES string of the molecule is CN1CCOC(C(N)c2ccc(Cl)cc2F)C1. The Balaban J connectivity index is 2.15. The predicted molar refractivity (Wildman–Crippen MR) is 65.6 cm³/mol. The van der Waals surface area contributed by atoms with Crippen LogP contribution in [0.4, 0.5) is 4.39 Å². The quantitative estimate of drug-likeness (QED) is 0.879. The van der Waals surface area contributed by atoms with Gasteiger partial charge in [-0.2, -0.15) is 0 Å². The lowest BCUT2D eigenvalue weighted by atomic mass is 10.0. The van der Waals surface area contributed by atoms with Crippen LogP contribution in [0.2, 0.25) is 5.02 Å². The number of rotatable bonds is 2. The number of hydrogen-bond acceptors (Lipinski definition) is 3. The van der Waals surface area contributed by atoms with Gasteiger partial charge in [0.2, 0.25) is 0 Å². The minimum atomic E-state index is -0.463. The van der Waals surface area contributed by atoms with Crippen LogP contribution in [0.1, 0.15) is 11.6 Å². The molecule has 1 saturated heterocycles. The fourth-order valence-corrected chi connectivity index (χ4v) is 2.16. The van der Waals surface area contributed by atoms with Crippen molar-refractivity contribution in [3.63, 3.8) is 0 Å². The summed E-state index contributed by atoms with van der Waals surface area (Å²) in [6, 6.07) is 4.09. The van der Waals surface area contributed by atoms with Crippen molar-refractivity contribution in [2.45, 2.75) is 12.1 Å². The summed E-state index contributed by atoms with van der Waals surface area (Å²) in [5.74, 6) is -0.373. The Bertz CT molecular complexity index is 402. The zero-order chi connectivity index (χ0) is 12.4. The van der Waals surface area contributed by atoms with Gasteiger partial charge in [-0.3, -0.25) is 0 Å². The molecule has 1 aliphatic heterocycles. The highest BCUT2D eigenvalue weighted by Crippen LogP contribution is 2.24. The molecule has 2 atom stereocenters. The second-order valence-corrected chi connectivity index (χ2v) is 4.80. The van der Waals surface area contributed by atoms with Gasteiger partial charge in [-0.15, -0.1) is 0 Å². The second-order valence-electron chi connectivity index (χ2n) is 4.36. The van der Waals surface area contributed by atoms with Crippen LogP contribution in [0.15, 0.2) is 18.2 Å². The van der Waals surface area contributed by atoms with Crippen molar-refractivity contribution in [2.75, 3.05) is 26.7 Å². The number of likely N-dealkylation sites (N-methyl/N-ethyl adjacent to an activating group) is 1. The number of morpholine rings is 1. The summed E-state index contributed by atoms with van der Waals surface area (Å²) in [5, 5.41) is 0.375. The fourth-order valence-electron chi connectivity index (χ4n) is 2.00. The molecule has 94 valence electrons. The molecule has 1 aromatic carbocycles. The second kappa shape index (κ2) is 5.31. The highest BCUT2D eigenvalue weighted by molar-refractivity contribution is 6.30. The van der Waals surface area contributed by atoms with Crippen LogP contribution in [-0.2, 0) is 4.74 Å². The molecular weight excluding hydrogens is 243 g/mol. The minimum absolute atomic E-state index is 0.176. The fraction of sp³-hybridized carbons (Fsp3) is 0.500. The summed E-state index contributed by atoms with van der Waals surface area (Å²) in [4.78, 5) is 2.13. The van der Waals surface area contributed by atoms with Crippen LogP contribution in [-0.4, -0.2) is 37.7 Å². The molecule has 0 spiro atoms. The molecule has 0 bridgehead atoms. The standard InChI is InChI=1S/C12H16ClFN2O/c1-16-4-5-17-11(7-16)12(15)9-3-2-8(13)6-10(9)14/h2-3,6,11-12H,4-5,7,15H2,1H3. The first-order chi connectivity index (χ1) is 8.08. The van der Waals surface area contributed by atoms with E-state index in [0.29, 0.717) is 23.7 Å². The lowest BCUT2D eigenvalue weighted by Gasteiger charge is -2.33. The van der Waals surface area contributed by atoms with E-state index in [0.717, 1.165) is 6.54 Å². The first-order valence-corrected chi connectivity index (χ1v) is 5.96. The van der Waals surface area contributed by atoms with Crippen molar-refractivity contribution in [3.05, 3.63) is 34.6 Å². The molecule has 17 heavy (non-hydrogen) atoms. The minimum Gasteiger partial charge on any atom is -0.374 e. The van der Waals surface area contributed by atoms with Gasteiger partial charge in [-0.1, -0.05) is 17.7 Å². The van der Waals surface area contributed by atoms with Gasteiger partial charge in [-0.25, -0.2) is 4.39 Å². The first-order valence-electron chi connectivity index (χ1n) is 5.58. The van der Waals surface area contributed by atoms with Gasteiger partial charge in [0.05, 0.1) is 18.8 Å². The monoisotopic (exact) mass is 258 g/mol. The lowest BCUT2D eigenvalue weighted by Crippen LogP contribution is -2.45. The van der Waals surface area contributed by atoms with Gasteiger partial charge in [0.1, 0.15) is 5.82 Å². The zero-order valence-electron chi connectivity index (χ0n) is 9.70. The number of ether oxygens (including phenoxy) is 1. The third kappa shape index (κ3) is 2.96. The largest absolute Gasteiger partial charge is 0.374 e. The van der Waals surface area contributed by atoms with Gasteiger partial charge in [0.25, 0.3) is 0 Å². The van der Waals surface area contributed by atoms with Crippen LogP contribution in [0.5, 0.6) is 0 Å². The van der Waals surface area contributed by atoms with Crippen molar-refractivity contribution in [3.8, 4) is 0 Å². The summed E-state index contributed by atoms with van der Waals surface area (Å²) in [5.41, 5.74) is 6.50. The Kier molecular flexibility index (Phi) is 3.99. The van der Waals surface area contributed by atoms with E-state index < -0.39 is 6.04 Å². The summed E-state index contributed by atoms with van der Waals surface area (Å²) in [6.07, 6.45) is -0.176. The van der Waals surface area contributed by atoms with Gasteiger partial charge < -0.3 is 15.4 Å². The van der Waals surface area contributed by atoms with E-state index in [4.69, 9.17) is 22.1 Å². The molecule has 0 aromatic heterocycles. The summed E-state index contributed by atoms with van der Waals surface area (Å²) in [6.45, 7) is 2.22. The van der Waals surface area contributed by atoms with E-state index in [9.17, 15) is 4.39 Å². The molecular formula is C12H16ClFN2O. The van der Waals surface area contributed by atoms with E-state index in [1.54, 1.807) is 12.1 Å². The normalized spacial score (nSPS) is 23.6. The number of halogens is 2. The zero-order valence-corrected chi connectivity index (χ0v) is 10.5. The Morgan fingerprint density at radius 1 is 1.59 bits per heavy atom. The van der Waals surface area contributed by atoms with Gasteiger partial charge in [-0.05, 0) is 19.2 Å². The molecule has 0 radical (unpaired) electrons. The van der Waals surface area contributed by atoms with E-state index in [1.807, 2.05) is 7.05 Å². The number of hydrogen-bond donors (Lipinski definition) is 1. The smallest absolute Gasteiger partial charge is 0.129 e. The molecule has 5 heteroatoms. The maximum atomic E-state index is 13.7. The number of nitrogens with zero attached hydrogens (tertiary/aromatic N) is 1. The number of nitrogens with two attached hydrogens (primary N) is 1. The maximum absolute atomic E-state index is 13.7. The third-order valence-corrected chi connectivity index (χ3v) is 3.25. The van der Waals surface area contributed by atoms with Crippen LogP contribution in [0.3, 0.4) is 0 Å². The van der Waals surface area contributed by atoms with Crippen molar-refractivity contribution < 1.29 is 9.13 Å². The van der Waals surface area contributed by atoms with E-state index >= 15 is 0 Å². The molecule has 3 nitrogen and oxygen atoms in total. The van der Waals surface area contributed by atoms with Crippen LogP contribution >= 0.6 is 11.6 Å². The van der Waals surface area contributed by atoms with Gasteiger partial charge in [0.15, 0.2) is 0 Å². The Hall–Kier alpha value is -0.680. The Labute approximate surface area is 105 Å². The Morgan fingerprint density at radius 2 is 2.35 bits per heavy atom. The molecule has 2 rings (SSSR count). The van der Waals surface area contributed by atoms with Gasteiger partial charge >= 0.3 is 0 Å². The number of benzene rings is 1.